The van der Waals surface area contributed by atoms with E-state index in [4.69, 9.17) is 9.84 Å². The smallest absolute Gasteiger partial charge is 0.356 e. The van der Waals surface area contributed by atoms with Gasteiger partial charge >= 0.3 is 11.9 Å². The Balaban J connectivity index is 1.91. The maximum absolute atomic E-state index is 12.0. The second-order valence-electron chi connectivity index (χ2n) is 6.36. The predicted molar refractivity (Wildman–Crippen MR) is 79.8 cm³/mol. The second-order valence-corrected chi connectivity index (χ2v) is 6.36. The third kappa shape index (κ3) is 4.16. The number of hydrogen-bond acceptors (Lipinski definition) is 6. The van der Waals surface area contributed by atoms with Gasteiger partial charge in [-0.15, -0.1) is 0 Å². The molecule has 0 atom stereocenters. The van der Waals surface area contributed by atoms with Crippen LogP contribution in [0.1, 0.15) is 44.1 Å². The third-order valence-corrected chi connectivity index (χ3v) is 3.42. The van der Waals surface area contributed by atoms with Crippen molar-refractivity contribution in [2.75, 3.05) is 18.0 Å². The Morgan fingerprint density at radius 3 is 2.32 bits per heavy atom. The maximum Gasteiger partial charge on any atom is 0.356 e. The summed E-state index contributed by atoms with van der Waals surface area (Å²) < 4.78 is 5.41. The van der Waals surface area contributed by atoms with E-state index in [2.05, 4.69) is 9.97 Å². The summed E-state index contributed by atoms with van der Waals surface area (Å²) in [7, 11) is 0. The molecule has 7 heteroatoms. The minimum atomic E-state index is -1.09. The number of piperidine rings is 1. The minimum Gasteiger partial charge on any atom is -0.476 e. The van der Waals surface area contributed by atoms with Crippen LogP contribution in [0.15, 0.2) is 12.4 Å². The van der Waals surface area contributed by atoms with Gasteiger partial charge in [0.2, 0.25) is 0 Å². The molecule has 0 aromatic carbocycles. The number of esters is 1. The molecular weight excluding hydrogens is 286 g/mol. The van der Waals surface area contributed by atoms with Crippen molar-refractivity contribution in [1.29, 1.82) is 0 Å². The Morgan fingerprint density at radius 1 is 1.23 bits per heavy atom. The first-order chi connectivity index (χ1) is 10.3. The lowest BCUT2D eigenvalue weighted by Crippen LogP contribution is -2.39. The van der Waals surface area contributed by atoms with E-state index >= 15 is 0 Å². The first-order valence-electron chi connectivity index (χ1n) is 7.29. The number of aromatic carboxylic acids is 1. The molecule has 0 aliphatic carbocycles. The van der Waals surface area contributed by atoms with Crippen LogP contribution in [0.4, 0.5) is 5.82 Å². The normalized spacial score (nSPS) is 16.4. The fraction of sp³-hybridized carbons (Fsp3) is 0.600. The summed E-state index contributed by atoms with van der Waals surface area (Å²) in [5.41, 5.74) is -0.542. The zero-order valence-corrected chi connectivity index (χ0v) is 13.1. The number of carbonyl (C=O) groups is 2. The molecule has 0 bridgehead atoms. The first kappa shape index (κ1) is 16.2. The van der Waals surface area contributed by atoms with Crippen LogP contribution in [0.25, 0.3) is 0 Å². The van der Waals surface area contributed by atoms with E-state index in [1.54, 1.807) is 0 Å². The van der Waals surface area contributed by atoms with Gasteiger partial charge in [0.15, 0.2) is 5.69 Å². The van der Waals surface area contributed by atoms with E-state index in [1.165, 1.54) is 12.4 Å². The van der Waals surface area contributed by atoms with Crippen LogP contribution in [0.5, 0.6) is 0 Å². The van der Waals surface area contributed by atoms with Crippen LogP contribution in [-0.4, -0.2) is 45.7 Å². The fourth-order valence-electron chi connectivity index (χ4n) is 2.32. The molecule has 0 spiro atoms. The molecule has 1 fully saturated rings. The Morgan fingerprint density at radius 2 is 1.86 bits per heavy atom. The van der Waals surface area contributed by atoms with Crippen LogP contribution in [-0.2, 0) is 9.53 Å². The van der Waals surface area contributed by atoms with Crippen molar-refractivity contribution in [1.82, 2.24) is 9.97 Å². The molecule has 7 nitrogen and oxygen atoms in total. The zero-order chi connectivity index (χ0) is 16.3. The van der Waals surface area contributed by atoms with Crippen molar-refractivity contribution in [2.45, 2.75) is 39.2 Å². The van der Waals surface area contributed by atoms with Crippen molar-refractivity contribution in [2.24, 2.45) is 5.92 Å². The number of anilines is 1. The molecule has 0 unspecified atom stereocenters. The van der Waals surface area contributed by atoms with Crippen LogP contribution < -0.4 is 4.90 Å². The Kier molecular flexibility index (Phi) is 4.63. The minimum absolute atomic E-state index is 0.0765. The van der Waals surface area contributed by atoms with Gasteiger partial charge in [0, 0.05) is 13.1 Å². The molecule has 0 amide bonds. The average Bonchev–Trinajstić information content (AvgIpc) is 2.46. The van der Waals surface area contributed by atoms with E-state index in [-0.39, 0.29) is 17.6 Å². The predicted octanol–water partition coefficient (Wildman–Crippen LogP) is 1.73. The summed E-state index contributed by atoms with van der Waals surface area (Å²) >= 11 is 0. The van der Waals surface area contributed by atoms with Gasteiger partial charge in [-0.2, -0.15) is 0 Å². The summed E-state index contributed by atoms with van der Waals surface area (Å²) in [5, 5.41) is 8.81. The molecule has 22 heavy (non-hydrogen) atoms. The molecule has 2 heterocycles. The van der Waals surface area contributed by atoms with Crippen molar-refractivity contribution >= 4 is 17.8 Å². The topological polar surface area (TPSA) is 92.6 Å². The van der Waals surface area contributed by atoms with Crippen LogP contribution in [0.2, 0.25) is 0 Å². The number of carboxylic acids is 1. The first-order valence-corrected chi connectivity index (χ1v) is 7.29. The van der Waals surface area contributed by atoms with E-state index in [9.17, 15) is 9.59 Å². The lowest BCUT2D eigenvalue weighted by Gasteiger charge is -2.32. The molecule has 2 rings (SSSR count). The summed E-state index contributed by atoms with van der Waals surface area (Å²) in [4.78, 5) is 32.8. The molecule has 1 saturated heterocycles. The Labute approximate surface area is 129 Å². The number of carboxylic acid groups (broad SMARTS) is 1. The van der Waals surface area contributed by atoms with Gasteiger partial charge < -0.3 is 14.7 Å². The van der Waals surface area contributed by atoms with Gasteiger partial charge in [0.05, 0.1) is 18.3 Å². The van der Waals surface area contributed by atoms with E-state index < -0.39 is 11.6 Å². The number of hydrogen-bond donors (Lipinski definition) is 1. The molecule has 1 aromatic heterocycles. The number of rotatable bonds is 3. The Bertz CT molecular complexity index is 543. The SMILES string of the molecule is CC(C)(C)OC(=O)C1CCN(c2cnc(C(=O)O)cn2)CC1. The van der Waals surface area contributed by atoms with Crippen LogP contribution >= 0.6 is 0 Å². The number of ether oxygens (including phenoxy) is 1. The highest BCUT2D eigenvalue weighted by Gasteiger charge is 2.29. The molecule has 1 aromatic rings. The summed E-state index contributed by atoms with van der Waals surface area (Å²) in [6, 6.07) is 0. The van der Waals surface area contributed by atoms with E-state index in [0.29, 0.717) is 31.7 Å². The van der Waals surface area contributed by atoms with Crippen LogP contribution in [0.3, 0.4) is 0 Å². The van der Waals surface area contributed by atoms with Gasteiger partial charge in [0.25, 0.3) is 0 Å². The van der Waals surface area contributed by atoms with Crippen molar-refractivity contribution in [3.63, 3.8) is 0 Å². The quantitative estimate of drug-likeness (QED) is 0.850. The highest BCUT2D eigenvalue weighted by molar-refractivity contribution is 5.84. The Hall–Kier alpha value is -2.18. The standard InChI is InChI=1S/C15H21N3O4/c1-15(2,3)22-14(21)10-4-6-18(7-5-10)12-9-16-11(8-17-12)13(19)20/h8-10H,4-7H2,1-3H3,(H,19,20). The lowest BCUT2D eigenvalue weighted by molar-refractivity contribution is -0.160. The summed E-state index contributed by atoms with van der Waals surface area (Å²) in [6.07, 6.45) is 4.09. The molecular formula is C15H21N3O4. The van der Waals surface area contributed by atoms with Crippen molar-refractivity contribution in [3.8, 4) is 0 Å². The second kappa shape index (κ2) is 6.29. The average molecular weight is 307 g/mol. The van der Waals surface area contributed by atoms with Gasteiger partial charge in [-0.25, -0.2) is 14.8 Å². The fourth-order valence-corrected chi connectivity index (χ4v) is 2.32. The number of aromatic nitrogens is 2. The number of nitrogens with zero attached hydrogens (tertiary/aromatic N) is 3. The van der Waals surface area contributed by atoms with E-state index in [0.717, 1.165) is 0 Å². The summed E-state index contributed by atoms with van der Waals surface area (Å²) in [5.74, 6) is -0.712. The number of carbonyl (C=O) groups excluding carboxylic acids is 1. The van der Waals surface area contributed by atoms with Crippen molar-refractivity contribution in [3.05, 3.63) is 18.1 Å². The van der Waals surface area contributed by atoms with Gasteiger partial charge in [0.1, 0.15) is 11.4 Å². The van der Waals surface area contributed by atoms with Gasteiger partial charge in [-0.05, 0) is 33.6 Å². The maximum atomic E-state index is 12.0. The molecule has 0 saturated carbocycles. The van der Waals surface area contributed by atoms with E-state index in [1.807, 2.05) is 25.7 Å². The monoisotopic (exact) mass is 307 g/mol. The molecule has 0 radical (unpaired) electrons. The zero-order valence-electron chi connectivity index (χ0n) is 13.1. The lowest BCUT2D eigenvalue weighted by atomic mass is 9.96. The van der Waals surface area contributed by atoms with Crippen molar-refractivity contribution < 1.29 is 19.4 Å². The molecule has 120 valence electrons. The third-order valence-electron chi connectivity index (χ3n) is 3.42. The van der Waals surface area contributed by atoms with Gasteiger partial charge in [-0.1, -0.05) is 0 Å². The molecule has 1 aliphatic rings. The largest absolute Gasteiger partial charge is 0.476 e. The summed E-state index contributed by atoms with van der Waals surface area (Å²) in [6.45, 7) is 6.93. The van der Waals surface area contributed by atoms with Gasteiger partial charge in [-0.3, -0.25) is 4.79 Å². The van der Waals surface area contributed by atoms with Crippen LogP contribution in [0, 0.1) is 5.92 Å². The highest BCUT2D eigenvalue weighted by atomic mass is 16.6. The highest BCUT2D eigenvalue weighted by Crippen LogP contribution is 2.24. The molecule has 1 N–H and O–H groups in total. The molecule has 1 aliphatic heterocycles.